The highest BCUT2D eigenvalue weighted by Crippen LogP contribution is 2.43. The Morgan fingerprint density at radius 2 is 1.82 bits per heavy atom. The van der Waals surface area contributed by atoms with E-state index in [-0.39, 0.29) is 23.7 Å². The minimum absolute atomic E-state index is 0.0117. The Kier molecular flexibility index (Phi) is 5.67. The van der Waals surface area contributed by atoms with Crippen LogP contribution in [0.15, 0.2) is 54.3 Å². The first-order valence-electron chi connectivity index (χ1n) is 9.32. The van der Waals surface area contributed by atoms with Crippen LogP contribution in [0.3, 0.4) is 0 Å². The lowest BCUT2D eigenvalue weighted by Crippen LogP contribution is -2.68. The molecule has 0 aromatic heterocycles. The molecule has 5 heteroatoms. The van der Waals surface area contributed by atoms with E-state index < -0.39 is 5.54 Å². The van der Waals surface area contributed by atoms with Crippen molar-refractivity contribution >= 4 is 28.8 Å². The van der Waals surface area contributed by atoms with Crippen molar-refractivity contribution in [1.29, 1.82) is 0 Å². The third kappa shape index (κ3) is 3.37. The monoisotopic (exact) mass is 400 g/mol. The van der Waals surface area contributed by atoms with Crippen molar-refractivity contribution in [3.8, 4) is 0 Å². The maximum absolute atomic E-state index is 14.2. The van der Waals surface area contributed by atoms with Gasteiger partial charge in [0.1, 0.15) is 29.2 Å². The maximum Gasteiger partial charge on any atom is 0.358 e. The number of quaternary nitrogens is 1. The van der Waals surface area contributed by atoms with Crippen LogP contribution in [-0.4, -0.2) is 31.9 Å². The van der Waals surface area contributed by atoms with Crippen molar-refractivity contribution < 1.29 is 14.3 Å². The molecule has 1 amide bonds. The van der Waals surface area contributed by atoms with Gasteiger partial charge >= 0.3 is 5.91 Å². The van der Waals surface area contributed by atoms with Crippen LogP contribution in [0.5, 0.6) is 0 Å². The standard InChI is InChI=1S/C23H27ClNO3/c1-16-11-12-18(24)13-19(16)25(23(2,3)4)15-28-20(14-27-5)21(22(25)26)17-9-7-6-8-10-17/h6-13H,14-15H2,1-5H3/q+1. The number of aryl methyl sites for hydroxylation is 1. The number of rotatable bonds is 4. The summed E-state index contributed by atoms with van der Waals surface area (Å²) in [6.07, 6.45) is 0. The summed E-state index contributed by atoms with van der Waals surface area (Å²) in [6.45, 7) is 8.60. The van der Waals surface area contributed by atoms with E-state index in [0.29, 0.717) is 16.4 Å². The average Bonchev–Trinajstić information content (AvgIpc) is 2.64. The SMILES string of the molecule is COCC1=C(c2ccccc2)C(=O)[N+](c2cc(Cl)ccc2C)(C(C)(C)C)CO1. The summed E-state index contributed by atoms with van der Waals surface area (Å²) in [6, 6.07) is 15.3. The van der Waals surface area contributed by atoms with Gasteiger partial charge in [-0.15, -0.1) is 0 Å². The predicted molar refractivity (Wildman–Crippen MR) is 114 cm³/mol. The maximum atomic E-state index is 14.2. The molecule has 28 heavy (non-hydrogen) atoms. The minimum atomic E-state index is -0.453. The highest BCUT2D eigenvalue weighted by atomic mass is 35.5. The van der Waals surface area contributed by atoms with E-state index in [1.807, 2.05) is 55.5 Å². The van der Waals surface area contributed by atoms with Gasteiger partial charge in [0.15, 0.2) is 0 Å². The number of carbonyl (C=O) groups excluding carboxylic acids is 1. The van der Waals surface area contributed by atoms with Crippen molar-refractivity contribution in [2.45, 2.75) is 33.2 Å². The van der Waals surface area contributed by atoms with Gasteiger partial charge in [-0.05, 0) is 39.3 Å². The van der Waals surface area contributed by atoms with Crippen molar-refractivity contribution in [2.24, 2.45) is 0 Å². The number of benzene rings is 2. The van der Waals surface area contributed by atoms with E-state index in [1.165, 1.54) is 0 Å². The molecule has 0 fully saturated rings. The summed E-state index contributed by atoms with van der Waals surface area (Å²) < 4.78 is 11.6. The van der Waals surface area contributed by atoms with E-state index in [9.17, 15) is 4.79 Å². The summed E-state index contributed by atoms with van der Waals surface area (Å²) >= 11 is 6.33. The first-order valence-corrected chi connectivity index (χ1v) is 9.70. The van der Waals surface area contributed by atoms with Crippen LogP contribution >= 0.6 is 11.6 Å². The normalized spacial score (nSPS) is 20.3. The summed E-state index contributed by atoms with van der Waals surface area (Å²) in [7, 11) is 1.60. The van der Waals surface area contributed by atoms with Crippen molar-refractivity contribution in [3.05, 3.63) is 70.4 Å². The minimum Gasteiger partial charge on any atom is -0.445 e. The van der Waals surface area contributed by atoms with E-state index >= 15 is 0 Å². The summed E-state index contributed by atoms with van der Waals surface area (Å²) in [5, 5.41) is 0.600. The van der Waals surface area contributed by atoms with Gasteiger partial charge in [0.2, 0.25) is 6.73 Å². The first kappa shape index (κ1) is 20.6. The van der Waals surface area contributed by atoms with E-state index in [4.69, 9.17) is 21.1 Å². The summed E-state index contributed by atoms with van der Waals surface area (Å²) in [4.78, 5) is 14.2. The number of carbonyl (C=O) groups is 1. The molecular weight excluding hydrogens is 374 g/mol. The number of methoxy groups -OCH3 is 1. The molecule has 0 saturated heterocycles. The smallest absolute Gasteiger partial charge is 0.358 e. The van der Waals surface area contributed by atoms with E-state index in [1.54, 1.807) is 7.11 Å². The first-order chi connectivity index (χ1) is 13.2. The second-order valence-electron chi connectivity index (χ2n) is 8.09. The lowest BCUT2D eigenvalue weighted by atomic mass is 9.92. The van der Waals surface area contributed by atoms with Gasteiger partial charge < -0.3 is 9.47 Å². The largest absolute Gasteiger partial charge is 0.445 e. The third-order valence-electron chi connectivity index (χ3n) is 5.34. The summed E-state index contributed by atoms with van der Waals surface area (Å²) in [5.74, 6) is 0.554. The Hall–Kier alpha value is -2.14. The van der Waals surface area contributed by atoms with Crippen LogP contribution in [0.1, 0.15) is 31.9 Å². The Labute approximate surface area is 171 Å². The van der Waals surface area contributed by atoms with Crippen LogP contribution in [0.4, 0.5) is 5.69 Å². The molecule has 0 saturated carbocycles. The molecule has 2 aromatic carbocycles. The van der Waals surface area contributed by atoms with Gasteiger partial charge in [-0.3, -0.25) is 0 Å². The molecule has 3 rings (SSSR count). The van der Waals surface area contributed by atoms with Crippen LogP contribution in [0, 0.1) is 6.92 Å². The lowest BCUT2D eigenvalue weighted by Gasteiger charge is -2.48. The van der Waals surface area contributed by atoms with Gasteiger partial charge in [-0.1, -0.05) is 48.0 Å². The fraction of sp³-hybridized carbons (Fsp3) is 0.348. The molecule has 0 bridgehead atoms. The van der Waals surface area contributed by atoms with Gasteiger partial charge in [0.25, 0.3) is 0 Å². The highest BCUT2D eigenvalue weighted by Gasteiger charge is 2.55. The zero-order chi connectivity index (χ0) is 20.5. The molecule has 0 aliphatic carbocycles. The second kappa shape index (κ2) is 7.70. The Bertz CT molecular complexity index is 915. The number of ether oxygens (including phenoxy) is 2. The van der Waals surface area contributed by atoms with Gasteiger partial charge in [0.05, 0.1) is 0 Å². The van der Waals surface area contributed by atoms with E-state index in [0.717, 1.165) is 16.8 Å². The predicted octanol–water partition coefficient (Wildman–Crippen LogP) is 5.33. The van der Waals surface area contributed by atoms with Gasteiger partial charge in [-0.2, -0.15) is 4.48 Å². The van der Waals surface area contributed by atoms with Crippen LogP contribution in [0.2, 0.25) is 5.02 Å². The highest BCUT2D eigenvalue weighted by molar-refractivity contribution is 6.31. The zero-order valence-corrected chi connectivity index (χ0v) is 17.8. The van der Waals surface area contributed by atoms with Crippen molar-refractivity contribution in [3.63, 3.8) is 0 Å². The van der Waals surface area contributed by atoms with E-state index in [2.05, 4.69) is 20.8 Å². The average molecular weight is 401 g/mol. The fourth-order valence-corrected chi connectivity index (χ4v) is 3.95. The molecule has 0 radical (unpaired) electrons. The number of hydrogen-bond donors (Lipinski definition) is 0. The van der Waals surface area contributed by atoms with Crippen LogP contribution < -0.4 is 4.48 Å². The molecule has 148 valence electrons. The molecular formula is C23H27ClNO3+. The summed E-state index contributed by atoms with van der Waals surface area (Å²) in [5.41, 5.74) is 2.79. The topological polar surface area (TPSA) is 35.5 Å². The van der Waals surface area contributed by atoms with Crippen LogP contribution in [-0.2, 0) is 14.3 Å². The lowest BCUT2D eigenvalue weighted by molar-refractivity contribution is -0.137. The fourth-order valence-electron chi connectivity index (χ4n) is 3.78. The molecule has 1 aliphatic heterocycles. The Morgan fingerprint density at radius 3 is 2.43 bits per heavy atom. The molecule has 1 heterocycles. The number of nitrogens with zero attached hydrogens (tertiary/aromatic N) is 1. The quantitative estimate of drug-likeness (QED) is 0.651. The van der Waals surface area contributed by atoms with Crippen molar-refractivity contribution in [2.75, 3.05) is 20.4 Å². The van der Waals surface area contributed by atoms with Gasteiger partial charge in [-0.25, -0.2) is 4.79 Å². The van der Waals surface area contributed by atoms with Gasteiger partial charge in [0, 0.05) is 23.8 Å². The van der Waals surface area contributed by atoms with Crippen LogP contribution in [0.25, 0.3) is 5.57 Å². The molecule has 2 aromatic rings. The zero-order valence-electron chi connectivity index (χ0n) is 17.1. The molecule has 4 nitrogen and oxygen atoms in total. The third-order valence-corrected chi connectivity index (χ3v) is 5.57. The molecule has 0 N–H and O–H groups in total. The molecule has 1 aliphatic rings. The molecule has 0 spiro atoms. The second-order valence-corrected chi connectivity index (χ2v) is 8.52. The number of amides is 1. The molecule has 1 atom stereocenters. The van der Waals surface area contributed by atoms with Crippen molar-refractivity contribution in [1.82, 2.24) is 4.48 Å². The number of hydrogen-bond acceptors (Lipinski definition) is 3. The molecule has 1 unspecified atom stereocenters. The Morgan fingerprint density at radius 1 is 1.14 bits per heavy atom. The number of halogens is 1. The Balaban J connectivity index is 2.30.